The van der Waals surface area contributed by atoms with E-state index in [9.17, 15) is 4.79 Å². The van der Waals surface area contributed by atoms with Crippen molar-refractivity contribution in [2.75, 3.05) is 5.73 Å². The Kier molecular flexibility index (Phi) is 2.23. The minimum Gasteiger partial charge on any atom is -0.399 e. The molecule has 0 atom stereocenters. The van der Waals surface area contributed by atoms with Gasteiger partial charge < -0.3 is 10.7 Å². The molecule has 3 N–H and O–H groups in total. The van der Waals surface area contributed by atoms with E-state index in [1.165, 1.54) is 0 Å². The number of hydrogen-bond donors (Lipinski definition) is 2. The molecule has 1 heterocycles. The van der Waals surface area contributed by atoms with Crippen LogP contribution in [0, 0.1) is 6.92 Å². The quantitative estimate of drug-likeness (QED) is 0.639. The molecular weight excluding hydrogens is 226 g/mol. The van der Waals surface area contributed by atoms with Crippen LogP contribution in [-0.2, 0) is 0 Å². The standard InChI is InChI=1S/C14H13N3O/c1-9-2-5-11(6-3-9)17-13-7-4-10(15)8-12(13)16-14(17)18/h2-8H,15H2,1H3,(H,16,18). The lowest BCUT2D eigenvalue weighted by Gasteiger charge is -2.03. The number of aromatic amines is 1. The van der Waals surface area contributed by atoms with Crippen molar-refractivity contribution in [3.8, 4) is 5.69 Å². The lowest BCUT2D eigenvalue weighted by atomic mass is 10.2. The summed E-state index contributed by atoms with van der Waals surface area (Å²) < 4.78 is 1.65. The number of H-pyrrole nitrogens is 1. The fourth-order valence-electron chi connectivity index (χ4n) is 2.08. The van der Waals surface area contributed by atoms with Crippen LogP contribution in [-0.4, -0.2) is 9.55 Å². The van der Waals surface area contributed by atoms with E-state index >= 15 is 0 Å². The van der Waals surface area contributed by atoms with Crippen molar-refractivity contribution in [2.45, 2.75) is 6.92 Å². The van der Waals surface area contributed by atoms with Gasteiger partial charge in [-0.15, -0.1) is 0 Å². The molecule has 18 heavy (non-hydrogen) atoms. The molecule has 4 heteroatoms. The molecule has 3 aromatic rings. The normalized spacial score (nSPS) is 10.9. The summed E-state index contributed by atoms with van der Waals surface area (Å²) in [7, 11) is 0. The van der Waals surface area contributed by atoms with Gasteiger partial charge in [-0.25, -0.2) is 4.79 Å². The van der Waals surface area contributed by atoms with E-state index in [4.69, 9.17) is 5.73 Å². The van der Waals surface area contributed by atoms with Gasteiger partial charge in [0.05, 0.1) is 16.7 Å². The SMILES string of the molecule is Cc1ccc(-n2c(=O)[nH]c3cc(N)ccc32)cc1. The summed E-state index contributed by atoms with van der Waals surface area (Å²) in [6.07, 6.45) is 0. The molecular formula is C14H13N3O. The lowest BCUT2D eigenvalue weighted by Crippen LogP contribution is -2.14. The van der Waals surface area contributed by atoms with Gasteiger partial charge in [0.25, 0.3) is 0 Å². The summed E-state index contributed by atoms with van der Waals surface area (Å²) in [5, 5.41) is 0. The van der Waals surface area contributed by atoms with Crippen molar-refractivity contribution in [2.24, 2.45) is 0 Å². The smallest absolute Gasteiger partial charge is 0.331 e. The number of nitrogens with one attached hydrogen (secondary N) is 1. The molecule has 0 unspecified atom stereocenters. The molecule has 0 amide bonds. The maximum atomic E-state index is 12.0. The highest BCUT2D eigenvalue weighted by Crippen LogP contribution is 2.18. The van der Waals surface area contributed by atoms with Gasteiger partial charge >= 0.3 is 5.69 Å². The molecule has 0 aliphatic heterocycles. The lowest BCUT2D eigenvalue weighted by molar-refractivity contribution is 1.01. The molecule has 0 aliphatic rings. The molecule has 0 saturated carbocycles. The van der Waals surface area contributed by atoms with Crippen molar-refractivity contribution >= 4 is 16.7 Å². The summed E-state index contributed by atoms with van der Waals surface area (Å²) in [4.78, 5) is 14.8. The van der Waals surface area contributed by atoms with Gasteiger partial charge in [-0.3, -0.25) is 4.57 Å². The highest BCUT2D eigenvalue weighted by atomic mass is 16.1. The Morgan fingerprint density at radius 2 is 1.83 bits per heavy atom. The first-order valence-corrected chi connectivity index (χ1v) is 5.72. The van der Waals surface area contributed by atoms with Crippen molar-refractivity contribution in [1.82, 2.24) is 9.55 Å². The first-order chi connectivity index (χ1) is 8.65. The average Bonchev–Trinajstić information content (AvgIpc) is 2.65. The van der Waals surface area contributed by atoms with Crippen LogP contribution in [0.4, 0.5) is 5.69 Å². The molecule has 2 aromatic carbocycles. The third kappa shape index (κ3) is 1.59. The van der Waals surface area contributed by atoms with Crippen molar-refractivity contribution in [3.05, 3.63) is 58.5 Å². The fraction of sp³-hybridized carbons (Fsp3) is 0.0714. The van der Waals surface area contributed by atoms with Gasteiger partial charge in [-0.2, -0.15) is 0 Å². The van der Waals surface area contributed by atoms with Gasteiger partial charge in [-0.05, 0) is 37.3 Å². The molecule has 0 bridgehead atoms. The Bertz CT molecular complexity index is 766. The molecule has 0 spiro atoms. The van der Waals surface area contributed by atoms with Gasteiger partial charge in [0, 0.05) is 5.69 Å². The van der Waals surface area contributed by atoms with E-state index in [-0.39, 0.29) is 5.69 Å². The second-order valence-electron chi connectivity index (χ2n) is 4.38. The minimum absolute atomic E-state index is 0.153. The molecule has 90 valence electrons. The van der Waals surface area contributed by atoms with E-state index in [1.54, 1.807) is 16.7 Å². The third-order valence-corrected chi connectivity index (χ3v) is 3.00. The van der Waals surface area contributed by atoms with E-state index in [0.717, 1.165) is 22.3 Å². The number of anilines is 1. The van der Waals surface area contributed by atoms with E-state index in [2.05, 4.69) is 4.98 Å². The van der Waals surface area contributed by atoms with Gasteiger partial charge in [-0.1, -0.05) is 17.7 Å². The maximum absolute atomic E-state index is 12.0. The number of fused-ring (bicyclic) bond motifs is 1. The summed E-state index contributed by atoms with van der Waals surface area (Å²) in [5.41, 5.74) is 9.79. The van der Waals surface area contributed by atoms with E-state index in [0.29, 0.717) is 5.69 Å². The Hall–Kier alpha value is -2.49. The Morgan fingerprint density at radius 1 is 1.11 bits per heavy atom. The Labute approximate surface area is 104 Å². The minimum atomic E-state index is -0.153. The topological polar surface area (TPSA) is 63.8 Å². The van der Waals surface area contributed by atoms with Crippen LogP contribution in [0.2, 0.25) is 0 Å². The number of benzene rings is 2. The number of imidazole rings is 1. The number of nitrogens with zero attached hydrogens (tertiary/aromatic N) is 1. The summed E-state index contributed by atoms with van der Waals surface area (Å²) >= 11 is 0. The Balaban J connectivity index is 2.32. The third-order valence-electron chi connectivity index (χ3n) is 3.00. The monoisotopic (exact) mass is 239 g/mol. The van der Waals surface area contributed by atoms with Crippen LogP contribution in [0.25, 0.3) is 16.7 Å². The zero-order chi connectivity index (χ0) is 12.7. The first-order valence-electron chi connectivity index (χ1n) is 5.72. The van der Waals surface area contributed by atoms with E-state index < -0.39 is 0 Å². The number of aryl methyl sites for hydroxylation is 1. The summed E-state index contributed by atoms with van der Waals surface area (Å²) in [6, 6.07) is 13.2. The highest BCUT2D eigenvalue weighted by Gasteiger charge is 2.08. The largest absolute Gasteiger partial charge is 0.399 e. The number of hydrogen-bond acceptors (Lipinski definition) is 2. The molecule has 0 saturated heterocycles. The summed E-state index contributed by atoms with van der Waals surface area (Å²) in [5.74, 6) is 0. The van der Waals surface area contributed by atoms with Gasteiger partial charge in [0.15, 0.2) is 0 Å². The van der Waals surface area contributed by atoms with Crippen molar-refractivity contribution in [3.63, 3.8) is 0 Å². The van der Waals surface area contributed by atoms with Crippen LogP contribution in [0.3, 0.4) is 0 Å². The molecule has 4 nitrogen and oxygen atoms in total. The predicted molar refractivity (Wildman–Crippen MR) is 73.0 cm³/mol. The van der Waals surface area contributed by atoms with Gasteiger partial charge in [0.2, 0.25) is 0 Å². The highest BCUT2D eigenvalue weighted by molar-refractivity contribution is 5.80. The average molecular weight is 239 g/mol. The zero-order valence-corrected chi connectivity index (χ0v) is 9.97. The zero-order valence-electron chi connectivity index (χ0n) is 9.97. The van der Waals surface area contributed by atoms with E-state index in [1.807, 2.05) is 37.3 Å². The van der Waals surface area contributed by atoms with Crippen molar-refractivity contribution in [1.29, 1.82) is 0 Å². The number of nitrogens with two attached hydrogens (primary N) is 1. The first kappa shape index (κ1) is 10.7. The molecule has 0 radical (unpaired) electrons. The van der Waals surface area contributed by atoms with Crippen molar-refractivity contribution < 1.29 is 0 Å². The second-order valence-corrected chi connectivity index (χ2v) is 4.38. The number of rotatable bonds is 1. The molecule has 3 rings (SSSR count). The Morgan fingerprint density at radius 3 is 2.56 bits per heavy atom. The second kappa shape index (κ2) is 3.77. The predicted octanol–water partition coefficient (Wildman–Crippen LogP) is 2.21. The maximum Gasteiger partial charge on any atom is 0.331 e. The van der Waals surface area contributed by atoms with Crippen LogP contribution >= 0.6 is 0 Å². The van der Waals surface area contributed by atoms with Crippen LogP contribution in [0.1, 0.15) is 5.56 Å². The van der Waals surface area contributed by atoms with Crippen LogP contribution in [0.15, 0.2) is 47.3 Å². The number of nitrogen functional groups attached to an aromatic ring is 1. The molecule has 0 fully saturated rings. The number of aromatic nitrogens is 2. The van der Waals surface area contributed by atoms with Gasteiger partial charge in [0.1, 0.15) is 0 Å². The molecule has 0 aliphatic carbocycles. The fourth-order valence-corrected chi connectivity index (χ4v) is 2.08. The van der Waals surface area contributed by atoms with Crippen LogP contribution < -0.4 is 11.4 Å². The van der Waals surface area contributed by atoms with Crippen LogP contribution in [0.5, 0.6) is 0 Å². The summed E-state index contributed by atoms with van der Waals surface area (Å²) in [6.45, 7) is 2.02. The molecule has 1 aromatic heterocycles.